The van der Waals surface area contributed by atoms with E-state index in [9.17, 15) is 28.8 Å². The molecule has 12 nitrogen and oxygen atoms in total. The van der Waals surface area contributed by atoms with Crippen LogP contribution in [0.25, 0.3) is 0 Å². The first kappa shape index (κ1) is 36.4. The second kappa shape index (κ2) is 16.3. The molecule has 5 N–H and O–H groups in total. The second-order valence-corrected chi connectivity index (χ2v) is 13.0. The van der Waals surface area contributed by atoms with Crippen LogP contribution in [0, 0.1) is 17.3 Å². The molecule has 5 unspecified atom stereocenters. The molecular weight excluding hydrogens is 564 g/mol. The molecule has 3 rings (SSSR count). The van der Waals surface area contributed by atoms with Crippen LogP contribution in [0.4, 0.5) is 4.79 Å². The van der Waals surface area contributed by atoms with Crippen LogP contribution in [0.3, 0.4) is 0 Å². The smallest absolute Gasteiger partial charge is 0.316 e. The Morgan fingerprint density at radius 3 is 2.11 bits per heavy atom. The Morgan fingerprint density at radius 2 is 1.64 bits per heavy atom. The van der Waals surface area contributed by atoms with E-state index in [1.165, 1.54) is 37.3 Å². The lowest BCUT2D eigenvalue weighted by atomic mass is 9.85. The van der Waals surface area contributed by atoms with Gasteiger partial charge in [0.1, 0.15) is 17.8 Å². The fourth-order valence-electron chi connectivity index (χ4n) is 5.00. The van der Waals surface area contributed by atoms with E-state index in [1.54, 1.807) is 39.0 Å². The highest BCUT2D eigenvalue weighted by atomic mass is 16.2. The first-order valence-corrected chi connectivity index (χ1v) is 15.5. The molecule has 5 amide bonds. The number of hydrogen-bond acceptors (Lipinski definition) is 7. The highest BCUT2D eigenvalue weighted by Crippen LogP contribution is 2.26. The van der Waals surface area contributed by atoms with Crippen molar-refractivity contribution in [2.45, 2.75) is 111 Å². The van der Waals surface area contributed by atoms with E-state index in [2.05, 4.69) is 27.9 Å². The number of pyridine rings is 1. The molecule has 2 aliphatic rings. The SMILES string of the molecule is CC1CCC1.CCC(C)C(NC(=O)NC(C(=O)N1CCCC1C(=O)NC(C)C(=O)C(N)=O)C(C)(C)C)C(=O)c1ccccn1. The molecule has 5 atom stereocenters. The lowest BCUT2D eigenvalue weighted by Gasteiger charge is -2.36. The number of ketones is 2. The van der Waals surface area contributed by atoms with Gasteiger partial charge in [0.15, 0.2) is 0 Å². The van der Waals surface area contributed by atoms with Gasteiger partial charge in [-0.15, -0.1) is 0 Å². The molecule has 1 saturated heterocycles. The fourth-order valence-corrected chi connectivity index (χ4v) is 5.00. The Labute approximate surface area is 260 Å². The maximum absolute atomic E-state index is 13.7. The maximum atomic E-state index is 13.7. The van der Waals surface area contributed by atoms with Gasteiger partial charge < -0.3 is 26.6 Å². The maximum Gasteiger partial charge on any atom is 0.316 e. The Balaban J connectivity index is 0.00000122. The van der Waals surface area contributed by atoms with E-state index in [0.717, 1.165) is 5.92 Å². The summed E-state index contributed by atoms with van der Waals surface area (Å²) in [6.45, 7) is 13.0. The van der Waals surface area contributed by atoms with E-state index < -0.39 is 59.1 Å². The van der Waals surface area contributed by atoms with Gasteiger partial charge in [-0.1, -0.05) is 73.3 Å². The van der Waals surface area contributed by atoms with Crippen LogP contribution in [0.1, 0.15) is 97.5 Å². The summed E-state index contributed by atoms with van der Waals surface area (Å²) < 4.78 is 0. The molecule has 0 aromatic carbocycles. The van der Waals surface area contributed by atoms with E-state index in [-0.39, 0.29) is 23.9 Å². The number of carbonyl (C=O) groups is 6. The molecule has 244 valence electrons. The lowest BCUT2D eigenvalue weighted by molar-refractivity contribution is -0.143. The largest absolute Gasteiger partial charge is 0.363 e. The summed E-state index contributed by atoms with van der Waals surface area (Å²) in [6.07, 6.45) is 7.47. The standard InChI is InChI=1S/C27H40N6O6.C5H10/c1-7-15(2)19(21(35)17-11-8-9-13-29-17)31-26(39)32-22(27(4,5)6)25(38)33-14-10-12-18(33)24(37)30-16(3)20(34)23(28)36;1-5-3-2-4-5/h8-9,11,13,15-16,18-19,22H,7,10,12,14H2,1-6H3,(H2,28,36)(H,30,37)(H2,31,32,39);5H,2-4H2,1H3. The van der Waals surface area contributed by atoms with Crippen molar-refractivity contribution >= 4 is 35.3 Å². The van der Waals surface area contributed by atoms with Gasteiger partial charge in [-0.3, -0.25) is 29.0 Å². The van der Waals surface area contributed by atoms with Gasteiger partial charge in [0.2, 0.25) is 23.4 Å². The first-order chi connectivity index (χ1) is 20.6. The number of nitrogens with zero attached hydrogens (tertiary/aromatic N) is 2. The quantitative estimate of drug-likeness (QED) is 0.218. The van der Waals surface area contributed by atoms with Gasteiger partial charge in [-0.2, -0.15) is 0 Å². The Kier molecular flexibility index (Phi) is 13.5. The monoisotopic (exact) mass is 614 g/mol. The van der Waals surface area contributed by atoms with Crippen LogP contribution in [0.2, 0.25) is 0 Å². The zero-order chi connectivity index (χ0) is 33.2. The molecule has 1 aliphatic heterocycles. The normalized spacial score (nSPS) is 19.2. The van der Waals surface area contributed by atoms with Crippen LogP contribution in [-0.4, -0.2) is 75.9 Å². The third-order valence-corrected chi connectivity index (χ3v) is 8.32. The number of carbonyl (C=O) groups excluding carboxylic acids is 6. The van der Waals surface area contributed by atoms with Crippen molar-refractivity contribution in [1.29, 1.82) is 0 Å². The zero-order valence-electron chi connectivity index (χ0n) is 27.1. The molecule has 2 heterocycles. The molecule has 12 heteroatoms. The molecule has 0 spiro atoms. The van der Waals surface area contributed by atoms with Gasteiger partial charge in [-0.25, -0.2) is 4.79 Å². The van der Waals surface area contributed by atoms with Crippen molar-refractivity contribution in [1.82, 2.24) is 25.8 Å². The summed E-state index contributed by atoms with van der Waals surface area (Å²) in [4.78, 5) is 81.3. The van der Waals surface area contributed by atoms with Crippen LogP contribution in [-0.2, 0) is 19.2 Å². The molecule has 2 fully saturated rings. The molecule has 1 saturated carbocycles. The Morgan fingerprint density at radius 1 is 1.00 bits per heavy atom. The molecular formula is C32H50N6O6. The van der Waals surface area contributed by atoms with Gasteiger partial charge in [0.05, 0.1) is 12.1 Å². The highest BCUT2D eigenvalue weighted by Gasteiger charge is 2.43. The van der Waals surface area contributed by atoms with E-state index in [4.69, 9.17) is 5.73 Å². The number of nitrogens with two attached hydrogens (primary N) is 1. The number of rotatable bonds is 11. The van der Waals surface area contributed by atoms with E-state index in [1.807, 2.05) is 13.8 Å². The van der Waals surface area contributed by atoms with E-state index in [0.29, 0.717) is 19.3 Å². The lowest BCUT2D eigenvalue weighted by Crippen LogP contribution is -2.61. The van der Waals surface area contributed by atoms with Crippen LogP contribution >= 0.6 is 0 Å². The van der Waals surface area contributed by atoms with Gasteiger partial charge in [-0.05, 0) is 49.1 Å². The zero-order valence-corrected chi connectivity index (χ0v) is 27.1. The number of nitrogens with one attached hydrogen (secondary N) is 3. The topological polar surface area (TPSA) is 181 Å². The van der Waals surface area contributed by atoms with Gasteiger partial charge in [0, 0.05) is 12.7 Å². The minimum atomic E-state index is -1.16. The summed E-state index contributed by atoms with van der Waals surface area (Å²) in [5, 5.41) is 7.90. The minimum Gasteiger partial charge on any atom is -0.363 e. The fraction of sp³-hybridized carbons (Fsp3) is 0.656. The van der Waals surface area contributed by atoms with Crippen LogP contribution in [0.5, 0.6) is 0 Å². The molecule has 1 aromatic rings. The summed E-state index contributed by atoms with van der Waals surface area (Å²) in [5.41, 5.74) is 4.49. The summed E-state index contributed by atoms with van der Waals surface area (Å²) in [6, 6.07) is 0.353. The number of hydrogen-bond donors (Lipinski definition) is 4. The number of amides is 5. The number of Topliss-reactive ketones (excluding diaryl/α,β-unsaturated/α-hetero) is 2. The van der Waals surface area contributed by atoms with Gasteiger partial charge >= 0.3 is 6.03 Å². The average molecular weight is 615 g/mol. The van der Waals surface area contributed by atoms with Crippen molar-refractivity contribution in [2.75, 3.05) is 6.54 Å². The molecule has 1 aromatic heterocycles. The van der Waals surface area contributed by atoms with Crippen LogP contribution < -0.4 is 21.7 Å². The third kappa shape index (κ3) is 10.1. The predicted octanol–water partition coefficient (Wildman–Crippen LogP) is 2.75. The van der Waals surface area contributed by atoms with Crippen molar-refractivity contribution in [2.24, 2.45) is 23.0 Å². The minimum absolute atomic E-state index is 0.203. The summed E-state index contributed by atoms with van der Waals surface area (Å²) in [7, 11) is 0. The predicted molar refractivity (Wildman–Crippen MR) is 166 cm³/mol. The number of aromatic nitrogens is 1. The van der Waals surface area contributed by atoms with Crippen molar-refractivity contribution in [3.63, 3.8) is 0 Å². The number of primary amides is 1. The second-order valence-electron chi connectivity index (χ2n) is 13.0. The average Bonchev–Trinajstić information content (AvgIpc) is 3.46. The Hall–Kier alpha value is -3.83. The highest BCUT2D eigenvalue weighted by molar-refractivity contribution is 6.37. The molecule has 44 heavy (non-hydrogen) atoms. The summed E-state index contributed by atoms with van der Waals surface area (Å²) in [5.74, 6) is -2.64. The van der Waals surface area contributed by atoms with Crippen molar-refractivity contribution in [3.8, 4) is 0 Å². The molecule has 0 bridgehead atoms. The molecule has 1 aliphatic carbocycles. The van der Waals surface area contributed by atoms with Crippen molar-refractivity contribution < 1.29 is 28.8 Å². The number of urea groups is 1. The third-order valence-electron chi connectivity index (χ3n) is 8.32. The van der Waals surface area contributed by atoms with Gasteiger partial charge in [0.25, 0.3) is 5.91 Å². The summed E-state index contributed by atoms with van der Waals surface area (Å²) >= 11 is 0. The number of likely N-dealkylation sites (tertiary alicyclic amines) is 1. The molecule has 0 radical (unpaired) electrons. The first-order valence-electron chi connectivity index (χ1n) is 15.5. The van der Waals surface area contributed by atoms with E-state index >= 15 is 0 Å². The van der Waals surface area contributed by atoms with Crippen LogP contribution in [0.15, 0.2) is 24.4 Å². The van der Waals surface area contributed by atoms with Crippen molar-refractivity contribution in [3.05, 3.63) is 30.1 Å². The Bertz CT molecular complexity index is 1180.